The second-order valence-electron chi connectivity index (χ2n) is 16.4. The Bertz CT molecular complexity index is 2010. The zero-order valence-corrected chi connectivity index (χ0v) is 36.7. The molecule has 62 heavy (non-hydrogen) atoms. The highest BCUT2D eigenvalue weighted by Crippen LogP contribution is 2.62. The zero-order valence-electron chi connectivity index (χ0n) is 35.9. The van der Waals surface area contributed by atoms with Crippen molar-refractivity contribution >= 4 is 23.6 Å². The van der Waals surface area contributed by atoms with E-state index in [9.17, 15) is 19.4 Å². The molecule has 2 heterocycles. The summed E-state index contributed by atoms with van der Waals surface area (Å²) in [4.78, 5) is 23.5. The number of fused-ring (bicyclic) bond motifs is 2. The van der Waals surface area contributed by atoms with Gasteiger partial charge < -0.3 is 38.7 Å². The Hall–Kier alpha value is -4.40. The molecule has 2 aliphatic heterocycles. The van der Waals surface area contributed by atoms with E-state index in [2.05, 4.69) is 18.7 Å². The van der Waals surface area contributed by atoms with E-state index in [1.165, 1.54) is 12.1 Å². The van der Waals surface area contributed by atoms with Crippen molar-refractivity contribution < 1.29 is 47.9 Å². The molecule has 0 spiro atoms. The number of ether oxygens (including phenoxy) is 5. The Kier molecular flexibility index (Phi) is 16.0. The summed E-state index contributed by atoms with van der Waals surface area (Å²) in [6, 6.07) is 19.1. The van der Waals surface area contributed by atoms with Crippen LogP contribution in [0.25, 0.3) is 0 Å². The van der Waals surface area contributed by atoms with Gasteiger partial charge in [-0.3, -0.25) is 4.90 Å². The Morgan fingerprint density at radius 3 is 2.47 bits per heavy atom. The number of aliphatic hydroxyl groups excluding tert-OH is 2. The average molecular weight is 873 g/mol. The lowest BCUT2D eigenvalue weighted by atomic mass is 9.55. The minimum atomic E-state index is -1.49. The maximum absolute atomic E-state index is 14.4. The van der Waals surface area contributed by atoms with Gasteiger partial charge >= 0.3 is 6.09 Å². The maximum atomic E-state index is 14.4. The van der Waals surface area contributed by atoms with Crippen molar-refractivity contribution in [3.63, 3.8) is 0 Å². The first-order chi connectivity index (χ1) is 30.3. The highest BCUT2D eigenvalue weighted by molar-refractivity contribution is 7.98. The van der Waals surface area contributed by atoms with Gasteiger partial charge in [0.15, 0.2) is 0 Å². The summed E-state index contributed by atoms with van der Waals surface area (Å²) in [6.07, 6.45) is 12.2. The van der Waals surface area contributed by atoms with Gasteiger partial charge in [-0.15, -0.1) is 18.3 Å². The number of allylic oxidation sites excluding steroid dienone is 1. The van der Waals surface area contributed by atoms with Gasteiger partial charge in [0.1, 0.15) is 29.1 Å². The molecule has 7 rings (SSSR count). The predicted octanol–water partition coefficient (Wildman–Crippen LogP) is 10.2. The minimum absolute atomic E-state index is 0.0233. The van der Waals surface area contributed by atoms with Crippen molar-refractivity contribution in [3.8, 4) is 17.2 Å². The first-order valence-corrected chi connectivity index (χ1v) is 23.4. The van der Waals surface area contributed by atoms with E-state index in [-0.39, 0.29) is 63.0 Å². The summed E-state index contributed by atoms with van der Waals surface area (Å²) in [5, 5.41) is 24.8. The van der Waals surface area contributed by atoms with Crippen LogP contribution >= 0.6 is 11.8 Å². The average Bonchev–Trinajstić information content (AvgIpc) is 3.29. The van der Waals surface area contributed by atoms with E-state index < -0.39 is 30.1 Å². The van der Waals surface area contributed by atoms with Gasteiger partial charge in [0, 0.05) is 49.0 Å². The van der Waals surface area contributed by atoms with E-state index in [0.717, 1.165) is 54.6 Å². The fourth-order valence-corrected chi connectivity index (χ4v) is 10.1. The van der Waals surface area contributed by atoms with Gasteiger partial charge in [-0.25, -0.2) is 9.18 Å². The molecule has 4 aliphatic rings. The van der Waals surface area contributed by atoms with Crippen LogP contribution in [0, 0.1) is 23.6 Å². The van der Waals surface area contributed by atoms with Crippen LogP contribution in [-0.2, 0) is 25.6 Å². The van der Waals surface area contributed by atoms with E-state index in [1.54, 1.807) is 41.8 Å². The number of thioether (sulfide) groups is 1. The third kappa shape index (κ3) is 10.3. The molecule has 1 amide bonds. The summed E-state index contributed by atoms with van der Waals surface area (Å²) in [5.74, 6) is -0.633. The van der Waals surface area contributed by atoms with Crippen LogP contribution in [0.1, 0.15) is 88.2 Å². The fourth-order valence-electron chi connectivity index (χ4n) is 9.70. The second kappa shape index (κ2) is 21.8. The van der Waals surface area contributed by atoms with Crippen LogP contribution in [0.15, 0.2) is 101 Å². The molecule has 3 aromatic rings. The lowest BCUT2D eigenvalue weighted by Gasteiger charge is -2.59. The molecule has 0 bridgehead atoms. The normalized spacial score (nSPS) is 25.8. The number of oxime groups is 1. The van der Waals surface area contributed by atoms with Gasteiger partial charge in [-0.05, 0) is 129 Å². The lowest BCUT2D eigenvalue weighted by molar-refractivity contribution is -0.256. The lowest BCUT2D eigenvalue weighted by Crippen LogP contribution is -2.70. The first-order valence-electron chi connectivity index (χ1n) is 22.2. The van der Waals surface area contributed by atoms with Gasteiger partial charge in [-0.2, -0.15) is 0 Å². The standard InChI is InChI=1S/C49H61FN2O9S/c1-4-27-58-49-44(52(48(55)56-5-2)32-33-15-17-35(50)18-16-33)31-42(51-61-45-14-8-11-28-57-45)40-29-34(12-6-9-25-53)39(13-7-10-26-54)46(47(40)49)41-30-37(21-24-43(41)60-49)59-36-19-22-38(62-3)23-20-36/h4,15-24,29-30,34,39,44-47,53-54H,1,5-14,25-28,31-32H2,2-3H3/t34-,39+,44-,45?,46+,47+,49+/m0/s1. The summed E-state index contributed by atoms with van der Waals surface area (Å²) >= 11 is 1.66. The predicted molar refractivity (Wildman–Crippen MR) is 237 cm³/mol. The van der Waals surface area contributed by atoms with Crippen LogP contribution in [0.4, 0.5) is 9.18 Å². The molecule has 0 radical (unpaired) electrons. The summed E-state index contributed by atoms with van der Waals surface area (Å²) in [7, 11) is 0. The van der Waals surface area contributed by atoms with Crippen molar-refractivity contribution in [2.45, 2.75) is 107 Å². The van der Waals surface area contributed by atoms with Crippen LogP contribution in [0.2, 0.25) is 0 Å². The SMILES string of the molecule is C=CCO[C@@]12Oc3ccc(Oc4ccc(SC)cc4)cc3[C@H]3[C@H](CCCCO)[C@@H](CCCCO)C=C(C(=NOC4CCCCO4)C[C@@H]1N(Cc1ccc(F)cc1)C(=O)OCC)[C@H]32. The number of rotatable bonds is 20. The van der Waals surface area contributed by atoms with Crippen LogP contribution in [-0.4, -0.2) is 84.3 Å². The highest BCUT2D eigenvalue weighted by atomic mass is 32.2. The number of benzene rings is 3. The first kappa shape index (κ1) is 45.6. The van der Waals surface area contributed by atoms with E-state index >= 15 is 0 Å². The van der Waals surface area contributed by atoms with Gasteiger partial charge in [-0.1, -0.05) is 42.3 Å². The number of hydrogen-bond donors (Lipinski definition) is 2. The Morgan fingerprint density at radius 1 is 1.02 bits per heavy atom. The number of carbonyl (C=O) groups is 1. The molecule has 334 valence electrons. The topological polar surface area (TPSA) is 129 Å². The Morgan fingerprint density at radius 2 is 1.77 bits per heavy atom. The van der Waals surface area contributed by atoms with E-state index in [4.69, 9.17) is 33.7 Å². The number of nitrogens with zero attached hydrogens (tertiary/aromatic N) is 2. The largest absolute Gasteiger partial charge is 0.459 e. The van der Waals surface area contributed by atoms with E-state index in [0.29, 0.717) is 54.4 Å². The monoisotopic (exact) mass is 872 g/mol. The second-order valence-corrected chi connectivity index (χ2v) is 17.3. The van der Waals surface area contributed by atoms with E-state index in [1.807, 2.05) is 42.7 Å². The molecule has 2 aliphatic carbocycles. The van der Waals surface area contributed by atoms with Crippen LogP contribution in [0.3, 0.4) is 0 Å². The molecule has 1 unspecified atom stereocenters. The van der Waals surface area contributed by atoms with Crippen LogP contribution < -0.4 is 9.47 Å². The van der Waals surface area contributed by atoms with Crippen molar-refractivity contribution in [1.29, 1.82) is 0 Å². The molecule has 1 saturated carbocycles. The summed E-state index contributed by atoms with van der Waals surface area (Å²) in [6.45, 7) is 6.85. The number of aliphatic hydroxyl groups is 2. The third-order valence-corrected chi connectivity index (χ3v) is 13.2. The molecule has 7 atom stereocenters. The molecular weight excluding hydrogens is 812 g/mol. The molecule has 11 nitrogen and oxygen atoms in total. The fraction of sp³-hybridized carbons (Fsp3) is 0.510. The zero-order chi connectivity index (χ0) is 43.5. The molecule has 2 fully saturated rings. The number of unbranched alkanes of at least 4 members (excludes halogenated alkanes) is 2. The summed E-state index contributed by atoms with van der Waals surface area (Å²) < 4.78 is 47.0. The van der Waals surface area contributed by atoms with Gasteiger partial charge in [0.05, 0.1) is 31.5 Å². The molecular formula is C49H61FN2O9S. The maximum Gasteiger partial charge on any atom is 0.410 e. The van der Waals surface area contributed by atoms with Crippen LogP contribution in [0.5, 0.6) is 17.2 Å². The smallest absolute Gasteiger partial charge is 0.410 e. The molecule has 3 aromatic carbocycles. The molecule has 0 aromatic heterocycles. The third-order valence-electron chi connectivity index (χ3n) is 12.5. The molecule has 2 N–H and O–H groups in total. The Labute approximate surface area is 369 Å². The highest BCUT2D eigenvalue weighted by Gasteiger charge is 2.65. The van der Waals surface area contributed by atoms with Gasteiger partial charge in [0.2, 0.25) is 12.1 Å². The number of amides is 1. The Balaban J connectivity index is 1.44. The van der Waals surface area contributed by atoms with Crippen molar-refractivity contribution in [2.75, 3.05) is 39.3 Å². The van der Waals surface area contributed by atoms with Gasteiger partial charge in [0.25, 0.3) is 0 Å². The number of carbonyl (C=O) groups excluding carboxylic acids is 1. The number of halogens is 1. The minimum Gasteiger partial charge on any atom is -0.459 e. The van der Waals surface area contributed by atoms with Crippen molar-refractivity contribution in [3.05, 3.63) is 108 Å². The molecule has 13 heteroatoms. The number of hydrogen-bond acceptors (Lipinski definition) is 11. The quantitative estimate of drug-likeness (QED) is 0.0490. The van der Waals surface area contributed by atoms with Crippen molar-refractivity contribution in [1.82, 2.24) is 4.90 Å². The molecule has 1 saturated heterocycles. The summed E-state index contributed by atoms with van der Waals surface area (Å²) in [5.41, 5.74) is 3.20. The van der Waals surface area contributed by atoms with Crippen molar-refractivity contribution in [2.24, 2.45) is 22.9 Å².